The van der Waals surface area contributed by atoms with Crippen LogP contribution in [0.2, 0.25) is 0 Å². The van der Waals surface area contributed by atoms with E-state index in [0.29, 0.717) is 17.1 Å². The summed E-state index contributed by atoms with van der Waals surface area (Å²) in [5.74, 6) is 0.426. The van der Waals surface area contributed by atoms with E-state index < -0.39 is 0 Å². The molecule has 4 nitrogen and oxygen atoms in total. The number of carbonyl (C=O) groups excluding carboxylic acids is 1. The van der Waals surface area contributed by atoms with Crippen LogP contribution in [0.3, 0.4) is 0 Å². The summed E-state index contributed by atoms with van der Waals surface area (Å²) in [5.41, 5.74) is 2.24. The van der Waals surface area contributed by atoms with Crippen molar-refractivity contribution < 1.29 is 4.79 Å². The molecular weight excluding hydrogens is 294 g/mol. The van der Waals surface area contributed by atoms with E-state index >= 15 is 0 Å². The smallest absolute Gasteiger partial charge is 0.321 e. The van der Waals surface area contributed by atoms with Crippen molar-refractivity contribution in [3.05, 3.63) is 23.8 Å². The van der Waals surface area contributed by atoms with Crippen molar-refractivity contribution in [2.24, 2.45) is 0 Å². The minimum atomic E-state index is -0.128. The highest BCUT2D eigenvalue weighted by Gasteiger charge is 2.17. The van der Waals surface area contributed by atoms with Crippen molar-refractivity contribution in [3.8, 4) is 0 Å². The first-order valence-electron chi connectivity index (χ1n) is 8.10. The van der Waals surface area contributed by atoms with Crippen LogP contribution in [0, 0.1) is 0 Å². The van der Waals surface area contributed by atoms with Crippen LogP contribution in [0.4, 0.5) is 9.93 Å². The molecule has 3 rings (SSSR count). The first-order valence-corrected chi connectivity index (χ1v) is 8.92. The van der Waals surface area contributed by atoms with Crippen LogP contribution in [0.15, 0.2) is 18.2 Å². The van der Waals surface area contributed by atoms with Crippen LogP contribution in [0.25, 0.3) is 10.2 Å². The topological polar surface area (TPSA) is 54.0 Å². The lowest BCUT2D eigenvalue weighted by Crippen LogP contribution is -2.38. The van der Waals surface area contributed by atoms with E-state index in [1.807, 2.05) is 0 Å². The summed E-state index contributed by atoms with van der Waals surface area (Å²) >= 11 is 1.54. The molecule has 2 amide bonds. The molecule has 0 spiro atoms. The standard InChI is InChI=1S/C17H23N3OS/c1-11(2)13-9-6-10-14-15(13)19-17(22-14)20-16(21)18-12-7-4-3-5-8-12/h6,9-12H,3-5,7-8H2,1-2H3,(H2,18,19,20,21). The Kier molecular flexibility index (Phi) is 4.62. The summed E-state index contributed by atoms with van der Waals surface area (Å²) in [4.78, 5) is 16.7. The first kappa shape index (κ1) is 15.3. The minimum Gasteiger partial charge on any atom is -0.335 e. The molecule has 2 N–H and O–H groups in total. The highest BCUT2D eigenvalue weighted by atomic mass is 32.1. The van der Waals surface area contributed by atoms with Crippen LogP contribution in [-0.2, 0) is 0 Å². The van der Waals surface area contributed by atoms with Gasteiger partial charge in [-0.25, -0.2) is 9.78 Å². The number of hydrogen-bond acceptors (Lipinski definition) is 3. The van der Waals surface area contributed by atoms with Gasteiger partial charge in [-0.05, 0) is 30.4 Å². The fourth-order valence-electron chi connectivity index (χ4n) is 3.05. The fourth-order valence-corrected chi connectivity index (χ4v) is 3.95. The Morgan fingerprint density at radius 2 is 2.05 bits per heavy atom. The van der Waals surface area contributed by atoms with Crippen LogP contribution < -0.4 is 10.6 Å². The Morgan fingerprint density at radius 3 is 2.77 bits per heavy atom. The van der Waals surface area contributed by atoms with Gasteiger partial charge in [-0.1, -0.05) is 56.6 Å². The first-order chi connectivity index (χ1) is 10.6. The molecule has 118 valence electrons. The van der Waals surface area contributed by atoms with Crippen molar-refractivity contribution in [2.45, 2.75) is 57.9 Å². The van der Waals surface area contributed by atoms with Gasteiger partial charge in [-0.15, -0.1) is 0 Å². The quantitative estimate of drug-likeness (QED) is 0.848. The van der Waals surface area contributed by atoms with Gasteiger partial charge in [-0.3, -0.25) is 5.32 Å². The number of hydrogen-bond donors (Lipinski definition) is 2. The third-order valence-corrected chi connectivity index (χ3v) is 5.17. The second-order valence-electron chi connectivity index (χ2n) is 6.30. The molecule has 22 heavy (non-hydrogen) atoms. The Labute approximate surface area is 135 Å². The van der Waals surface area contributed by atoms with Gasteiger partial charge < -0.3 is 5.32 Å². The largest absolute Gasteiger partial charge is 0.335 e. The lowest BCUT2D eigenvalue weighted by molar-refractivity contribution is 0.244. The number of amides is 2. The number of benzene rings is 1. The van der Waals surface area contributed by atoms with E-state index in [2.05, 4.69) is 47.7 Å². The van der Waals surface area contributed by atoms with E-state index in [1.54, 1.807) is 0 Å². The number of carbonyl (C=O) groups is 1. The van der Waals surface area contributed by atoms with Crippen LogP contribution in [0.5, 0.6) is 0 Å². The minimum absolute atomic E-state index is 0.128. The molecule has 0 unspecified atom stereocenters. The maximum Gasteiger partial charge on any atom is 0.321 e. The van der Waals surface area contributed by atoms with Gasteiger partial charge in [-0.2, -0.15) is 0 Å². The molecule has 0 bridgehead atoms. The average molecular weight is 317 g/mol. The van der Waals surface area contributed by atoms with E-state index in [1.165, 1.54) is 36.2 Å². The Bertz CT molecular complexity index is 659. The summed E-state index contributed by atoms with van der Waals surface area (Å²) in [6, 6.07) is 6.41. The SMILES string of the molecule is CC(C)c1cccc2sc(NC(=O)NC3CCCCC3)nc12. The van der Waals surface area contributed by atoms with Gasteiger partial charge >= 0.3 is 6.03 Å². The highest BCUT2D eigenvalue weighted by molar-refractivity contribution is 7.22. The van der Waals surface area contributed by atoms with Crippen molar-refractivity contribution in [3.63, 3.8) is 0 Å². The molecule has 1 aliphatic carbocycles. The van der Waals surface area contributed by atoms with Crippen LogP contribution in [-0.4, -0.2) is 17.1 Å². The summed E-state index contributed by atoms with van der Waals surface area (Å²) in [5, 5.41) is 6.65. The van der Waals surface area contributed by atoms with Crippen molar-refractivity contribution in [1.82, 2.24) is 10.3 Å². The lowest BCUT2D eigenvalue weighted by Gasteiger charge is -2.22. The van der Waals surface area contributed by atoms with Crippen molar-refractivity contribution in [1.29, 1.82) is 0 Å². The number of anilines is 1. The maximum atomic E-state index is 12.1. The molecule has 0 aliphatic heterocycles. The zero-order valence-corrected chi connectivity index (χ0v) is 14.0. The number of aromatic nitrogens is 1. The predicted octanol–water partition coefficient (Wildman–Crippen LogP) is 4.87. The number of nitrogens with one attached hydrogen (secondary N) is 2. The van der Waals surface area contributed by atoms with E-state index in [4.69, 9.17) is 0 Å². The molecule has 1 aromatic heterocycles. The number of rotatable bonds is 3. The molecule has 5 heteroatoms. The van der Waals surface area contributed by atoms with Gasteiger partial charge in [0.15, 0.2) is 5.13 Å². The molecule has 1 saturated carbocycles. The second kappa shape index (κ2) is 6.65. The molecule has 1 aliphatic rings. The van der Waals surface area contributed by atoms with E-state index in [0.717, 1.165) is 23.1 Å². The van der Waals surface area contributed by atoms with Crippen LogP contribution >= 0.6 is 11.3 Å². The summed E-state index contributed by atoms with van der Waals surface area (Å²) in [7, 11) is 0. The normalized spacial score (nSPS) is 16.1. The number of fused-ring (bicyclic) bond motifs is 1. The monoisotopic (exact) mass is 317 g/mol. The molecular formula is C17H23N3OS. The predicted molar refractivity (Wildman–Crippen MR) is 92.7 cm³/mol. The Hall–Kier alpha value is -1.62. The van der Waals surface area contributed by atoms with Gasteiger partial charge in [0, 0.05) is 6.04 Å². The third-order valence-electron chi connectivity index (χ3n) is 4.23. The molecule has 1 heterocycles. The zero-order chi connectivity index (χ0) is 15.5. The number of nitrogens with zero attached hydrogens (tertiary/aromatic N) is 1. The molecule has 0 saturated heterocycles. The van der Waals surface area contributed by atoms with Gasteiger partial charge in [0.05, 0.1) is 10.2 Å². The molecule has 2 aromatic rings. The van der Waals surface area contributed by atoms with Gasteiger partial charge in [0.1, 0.15) is 0 Å². The van der Waals surface area contributed by atoms with Crippen LogP contribution in [0.1, 0.15) is 57.4 Å². The average Bonchev–Trinajstić information content (AvgIpc) is 2.89. The fraction of sp³-hybridized carbons (Fsp3) is 0.529. The maximum absolute atomic E-state index is 12.1. The molecule has 1 aromatic carbocycles. The highest BCUT2D eigenvalue weighted by Crippen LogP contribution is 2.31. The van der Waals surface area contributed by atoms with Crippen molar-refractivity contribution >= 4 is 32.7 Å². The molecule has 0 radical (unpaired) electrons. The molecule has 1 fully saturated rings. The Balaban J connectivity index is 1.71. The van der Waals surface area contributed by atoms with Crippen molar-refractivity contribution in [2.75, 3.05) is 5.32 Å². The number of thiazole rings is 1. The lowest BCUT2D eigenvalue weighted by atomic mass is 9.96. The van der Waals surface area contributed by atoms with E-state index in [-0.39, 0.29) is 6.03 Å². The third kappa shape index (κ3) is 3.40. The Morgan fingerprint density at radius 1 is 1.27 bits per heavy atom. The number of para-hydroxylation sites is 1. The second-order valence-corrected chi connectivity index (χ2v) is 7.33. The molecule has 0 atom stereocenters. The summed E-state index contributed by atoms with van der Waals surface area (Å²) in [6.45, 7) is 4.33. The summed E-state index contributed by atoms with van der Waals surface area (Å²) < 4.78 is 1.12. The van der Waals surface area contributed by atoms with E-state index in [9.17, 15) is 4.79 Å². The zero-order valence-electron chi connectivity index (χ0n) is 13.2. The van der Waals surface area contributed by atoms with Gasteiger partial charge in [0.2, 0.25) is 0 Å². The summed E-state index contributed by atoms with van der Waals surface area (Å²) in [6.07, 6.45) is 5.89. The van der Waals surface area contributed by atoms with Gasteiger partial charge in [0.25, 0.3) is 0 Å². The number of urea groups is 1.